The van der Waals surface area contributed by atoms with E-state index in [0.29, 0.717) is 0 Å². The minimum atomic E-state index is -0.555. The molecule has 0 saturated carbocycles. The third-order valence-corrected chi connectivity index (χ3v) is 1.48. The van der Waals surface area contributed by atoms with Gasteiger partial charge in [0.05, 0.1) is 5.60 Å². The highest BCUT2D eigenvalue weighted by Crippen LogP contribution is 2.20. The molecule has 0 aliphatic heterocycles. The quantitative estimate of drug-likeness (QED) is 0.619. The van der Waals surface area contributed by atoms with Crippen LogP contribution in [0.15, 0.2) is 23.8 Å². The number of aliphatic hydroxyl groups is 1. The Morgan fingerprint density at radius 1 is 1.60 bits per heavy atom. The van der Waals surface area contributed by atoms with E-state index in [4.69, 9.17) is 0 Å². The lowest BCUT2D eigenvalue weighted by atomic mass is 10.00. The lowest BCUT2D eigenvalue weighted by molar-refractivity contribution is 0.0819. The van der Waals surface area contributed by atoms with E-state index in [-0.39, 0.29) is 0 Å². The van der Waals surface area contributed by atoms with E-state index in [1.165, 1.54) is 5.57 Å². The Morgan fingerprint density at radius 3 is 2.70 bits per heavy atom. The molecule has 1 nitrogen and oxygen atoms in total. The summed E-state index contributed by atoms with van der Waals surface area (Å²) in [5.74, 6) is 0. The Balaban J connectivity index is 2.46. The average Bonchev–Trinajstić information content (AvgIpc) is 2.12. The third kappa shape index (κ3) is 2.36. The summed E-state index contributed by atoms with van der Waals surface area (Å²) in [5, 5.41) is 9.40. The molecule has 56 valence electrons. The smallest absolute Gasteiger partial charge is 0.0631 e. The van der Waals surface area contributed by atoms with Gasteiger partial charge in [-0.15, -0.1) is 0 Å². The fraction of sp³-hybridized carbons (Fsp3) is 0.556. The van der Waals surface area contributed by atoms with Crippen molar-refractivity contribution in [2.75, 3.05) is 0 Å². The van der Waals surface area contributed by atoms with Crippen molar-refractivity contribution in [3.63, 3.8) is 0 Å². The first kappa shape index (κ1) is 7.55. The standard InChI is InChI=1S/C9H14O/c1-9(2,10)7-8-5-3-4-6-8/h3,5-6,10H,4,7H2,1-2H3. The van der Waals surface area contributed by atoms with Gasteiger partial charge in [0.2, 0.25) is 0 Å². The van der Waals surface area contributed by atoms with Gasteiger partial charge in [-0.2, -0.15) is 0 Å². The molecule has 1 N–H and O–H groups in total. The van der Waals surface area contributed by atoms with Gasteiger partial charge in [-0.1, -0.05) is 18.2 Å². The summed E-state index contributed by atoms with van der Waals surface area (Å²) >= 11 is 0. The molecule has 0 spiro atoms. The van der Waals surface area contributed by atoms with Crippen molar-refractivity contribution in [3.05, 3.63) is 23.8 Å². The van der Waals surface area contributed by atoms with Gasteiger partial charge in [0.25, 0.3) is 0 Å². The summed E-state index contributed by atoms with van der Waals surface area (Å²) in [6.07, 6.45) is 8.14. The van der Waals surface area contributed by atoms with Crippen molar-refractivity contribution >= 4 is 0 Å². The second kappa shape index (κ2) is 2.59. The fourth-order valence-corrected chi connectivity index (χ4v) is 1.14. The largest absolute Gasteiger partial charge is 0.390 e. The zero-order chi connectivity index (χ0) is 7.61. The molecule has 0 unspecified atom stereocenters. The minimum Gasteiger partial charge on any atom is -0.390 e. The van der Waals surface area contributed by atoms with Gasteiger partial charge in [0.15, 0.2) is 0 Å². The number of allylic oxidation sites excluding steroid dienone is 3. The maximum Gasteiger partial charge on any atom is 0.0631 e. The van der Waals surface area contributed by atoms with E-state index < -0.39 is 5.60 Å². The van der Waals surface area contributed by atoms with E-state index in [2.05, 4.69) is 18.2 Å². The molecule has 0 saturated heterocycles. The monoisotopic (exact) mass is 138 g/mol. The van der Waals surface area contributed by atoms with Gasteiger partial charge >= 0.3 is 0 Å². The van der Waals surface area contributed by atoms with E-state index in [1.807, 2.05) is 13.8 Å². The molecular formula is C9H14O. The highest BCUT2D eigenvalue weighted by Gasteiger charge is 2.14. The molecule has 0 fully saturated rings. The first-order valence-corrected chi connectivity index (χ1v) is 3.66. The summed E-state index contributed by atoms with van der Waals surface area (Å²) in [7, 11) is 0. The van der Waals surface area contributed by atoms with Crippen LogP contribution >= 0.6 is 0 Å². The molecule has 1 rings (SSSR count). The van der Waals surface area contributed by atoms with Crippen LogP contribution in [-0.2, 0) is 0 Å². The Bertz CT molecular complexity index is 170. The lowest BCUT2D eigenvalue weighted by Gasteiger charge is -2.16. The summed E-state index contributed by atoms with van der Waals surface area (Å²) in [6.45, 7) is 3.67. The topological polar surface area (TPSA) is 20.2 Å². The van der Waals surface area contributed by atoms with Crippen LogP contribution < -0.4 is 0 Å². The third-order valence-electron chi connectivity index (χ3n) is 1.48. The molecule has 1 heteroatoms. The van der Waals surface area contributed by atoms with Crippen LogP contribution in [0.2, 0.25) is 0 Å². The summed E-state index contributed by atoms with van der Waals surface area (Å²) in [4.78, 5) is 0. The molecule has 0 radical (unpaired) electrons. The van der Waals surface area contributed by atoms with Crippen molar-refractivity contribution in [1.82, 2.24) is 0 Å². The SMILES string of the molecule is CC(C)(O)CC1=CCC=C1. The molecule has 1 aliphatic rings. The van der Waals surface area contributed by atoms with Crippen LogP contribution in [0.1, 0.15) is 26.7 Å². The predicted octanol–water partition coefficient (Wildman–Crippen LogP) is 2.03. The highest BCUT2D eigenvalue weighted by atomic mass is 16.3. The second-order valence-electron chi connectivity index (χ2n) is 3.41. The Labute approximate surface area is 62.1 Å². The van der Waals surface area contributed by atoms with Gasteiger partial charge < -0.3 is 5.11 Å². The van der Waals surface area contributed by atoms with Crippen LogP contribution in [0.3, 0.4) is 0 Å². The molecule has 0 heterocycles. The summed E-state index contributed by atoms with van der Waals surface area (Å²) < 4.78 is 0. The van der Waals surface area contributed by atoms with Gasteiger partial charge in [0, 0.05) is 6.42 Å². The van der Waals surface area contributed by atoms with Crippen molar-refractivity contribution in [3.8, 4) is 0 Å². The fourth-order valence-electron chi connectivity index (χ4n) is 1.14. The Hall–Kier alpha value is -0.560. The minimum absolute atomic E-state index is 0.555. The zero-order valence-corrected chi connectivity index (χ0v) is 6.59. The van der Waals surface area contributed by atoms with E-state index in [0.717, 1.165) is 12.8 Å². The molecule has 0 aromatic carbocycles. The van der Waals surface area contributed by atoms with Gasteiger partial charge in [-0.05, 0) is 25.8 Å². The molecule has 0 atom stereocenters. The molecule has 10 heavy (non-hydrogen) atoms. The van der Waals surface area contributed by atoms with Crippen LogP contribution in [0.4, 0.5) is 0 Å². The Morgan fingerprint density at radius 2 is 2.30 bits per heavy atom. The number of rotatable bonds is 2. The van der Waals surface area contributed by atoms with Crippen LogP contribution in [0, 0.1) is 0 Å². The van der Waals surface area contributed by atoms with Crippen molar-refractivity contribution in [2.45, 2.75) is 32.3 Å². The second-order valence-corrected chi connectivity index (χ2v) is 3.41. The van der Waals surface area contributed by atoms with Crippen molar-refractivity contribution in [1.29, 1.82) is 0 Å². The lowest BCUT2D eigenvalue weighted by Crippen LogP contribution is -2.18. The molecule has 0 bridgehead atoms. The Kier molecular flexibility index (Phi) is 1.95. The maximum absolute atomic E-state index is 9.40. The van der Waals surface area contributed by atoms with Gasteiger partial charge in [0.1, 0.15) is 0 Å². The first-order valence-electron chi connectivity index (χ1n) is 3.66. The van der Waals surface area contributed by atoms with Crippen molar-refractivity contribution < 1.29 is 5.11 Å². The number of hydrogen-bond donors (Lipinski definition) is 1. The number of hydrogen-bond acceptors (Lipinski definition) is 1. The van der Waals surface area contributed by atoms with E-state index >= 15 is 0 Å². The molecule has 0 aromatic rings. The zero-order valence-electron chi connectivity index (χ0n) is 6.59. The normalized spacial score (nSPS) is 17.7. The van der Waals surface area contributed by atoms with Gasteiger partial charge in [-0.25, -0.2) is 0 Å². The van der Waals surface area contributed by atoms with Crippen LogP contribution in [0.25, 0.3) is 0 Å². The first-order chi connectivity index (χ1) is 4.58. The van der Waals surface area contributed by atoms with E-state index in [1.54, 1.807) is 0 Å². The molecule has 1 aliphatic carbocycles. The van der Waals surface area contributed by atoms with E-state index in [9.17, 15) is 5.11 Å². The maximum atomic E-state index is 9.40. The summed E-state index contributed by atoms with van der Waals surface area (Å²) in [5.41, 5.74) is 0.702. The van der Waals surface area contributed by atoms with Crippen molar-refractivity contribution in [2.24, 2.45) is 0 Å². The van der Waals surface area contributed by atoms with Crippen LogP contribution in [0.5, 0.6) is 0 Å². The predicted molar refractivity (Wildman–Crippen MR) is 42.8 cm³/mol. The molecule has 0 aromatic heterocycles. The molecular weight excluding hydrogens is 124 g/mol. The van der Waals surface area contributed by atoms with Gasteiger partial charge in [-0.3, -0.25) is 0 Å². The average molecular weight is 138 g/mol. The highest BCUT2D eigenvalue weighted by molar-refractivity contribution is 5.27. The molecule has 0 amide bonds. The van der Waals surface area contributed by atoms with Crippen LogP contribution in [-0.4, -0.2) is 10.7 Å². The summed E-state index contributed by atoms with van der Waals surface area (Å²) in [6, 6.07) is 0.